The van der Waals surface area contributed by atoms with Gasteiger partial charge < -0.3 is 9.47 Å². The maximum absolute atomic E-state index is 13.0. The molecule has 3 aromatic carbocycles. The Labute approximate surface area is 205 Å². The molecule has 176 valence electrons. The molecule has 0 radical (unpaired) electrons. The van der Waals surface area contributed by atoms with Crippen molar-refractivity contribution in [2.75, 3.05) is 13.7 Å². The molecule has 0 saturated carbocycles. The highest BCUT2D eigenvalue weighted by molar-refractivity contribution is 5.98. The van der Waals surface area contributed by atoms with Gasteiger partial charge in [-0.05, 0) is 70.5 Å². The van der Waals surface area contributed by atoms with Crippen LogP contribution in [0.2, 0.25) is 0 Å². The normalized spacial score (nSPS) is 21.3. The summed E-state index contributed by atoms with van der Waals surface area (Å²) in [5.41, 5.74) is 5.73. The van der Waals surface area contributed by atoms with Gasteiger partial charge in [-0.2, -0.15) is 0 Å². The summed E-state index contributed by atoms with van der Waals surface area (Å²) in [6, 6.07) is 25.5. The number of hydrogen-bond donors (Lipinski definition) is 0. The molecular weight excluding hydrogens is 434 g/mol. The third-order valence-electron chi connectivity index (χ3n) is 8.17. The van der Waals surface area contributed by atoms with Gasteiger partial charge in [0, 0.05) is 5.39 Å². The van der Waals surface area contributed by atoms with Crippen LogP contribution in [0.25, 0.3) is 10.8 Å². The average Bonchev–Trinajstić information content (AvgIpc) is 3.09. The minimum atomic E-state index is -0.482. The van der Waals surface area contributed by atoms with Gasteiger partial charge in [-0.15, -0.1) is 0 Å². The predicted molar refractivity (Wildman–Crippen MR) is 137 cm³/mol. The second-order valence-electron chi connectivity index (χ2n) is 10.2. The smallest absolute Gasteiger partial charge is 0.356 e. The number of pyridine rings is 1. The van der Waals surface area contributed by atoms with Gasteiger partial charge in [-0.1, -0.05) is 68.4 Å². The first-order valence-corrected chi connectivity index (χ1v) is 12.3. The van der Waals surface area contributed by atoms with Crippen LogP contribution >= 0.6 is 0 Å². The Morgan fingerprint density at radius 1 is 1.00 bits per heavy atom. The average molecular weight is 464 g/mol. The Morgan fingerprint density at radius 3 is 2.43 bits per heavy atom. The summed E-state index contributed by atoms with van der Waals surface area (Å²) in [6.07, 6.45) is 0.887. The van der Waals surface area contributed by atoms with Crippen molar-refractivity contribution in [3.63, 3.8) is 0 Å². The van der Waals surface area contributed by atoms with Gasteiger partial charge in [0.05, 0.1) is 24.8 Å². The van der Waals surface area contributed by atoms with Crippen molar-refractivity contribution >= 4 is 16.7 Å². The van der Waals surface area contributed by atoms with Crippen molar-refractivity contribution in [1.82, 2.24) is 4.98 Å². The molecule has 2 atom stereocenters. The number of esters is 1. The molecule has 0 bridgehead atoms. The minimum absolute atomic E-state index is 0.110. The summed E-state index contributed by atoms with van der Waals surface area (Å²) in [5.74, 6) is 0.605. The van der Waals surface area contributed by atoms with Gasteiger partial charge in [0.25, 0.3) is 0 Å². The van der Waals surface area contributed by atoms with E-state index in [1.807, 2.05) is 19.1 Å². The number of ether oxygens (including phenoxy) is 2. The number of aromatic nitrogens is 1. The van der Waals surface area contributed by atoms with E-state index >= 15 is 0 Å². The van der Waals surface area contributed by atoms with Crippen LogP contribution in [0.3, 0.4) is 0 Å². The number of carbonyl (C=O) groups excluding carboxylic acids is 1. The molecule has 2 aliphatic carbocycles. The Kier molecular flexibility index (Phi) is 4.79. The number of fused-ring (bicyclic) bond motifs is 4. The molecule has 35 heavy (non-hydrogen) atoms. The van der Waals surface area contributed by atoms with Crippen molar-refractivity contribution in [3.8, 4) is 5.75 Å². The van der Waals surface area contributed by atoms with E-state index in [2.05, 4.69) is 74.5 Å². The maximum atomic E-state index is 13.0. The number of rotatable bonds is 4. The lowest BCUT2D eigenvalue weighted by Crippen LogP contribution is -2.44. The Hall–Kier alpha value is -3.66. The first-order chi connectivity index (χ1) is 16.9. The zero-order valence-electron chi connectivity index (χ0n) is 20.6. The first kappa shape index (κ1) is 21.8. The second-order valence-corrected chi connectivity index (χ2v) is 10.2. The fourth-order valence-electron chi connectivity index (χ4n) is 6.75. The van der Waals surface area contributed by atoms with Gasteiger partial charge in [0.15, 0.2) is 0 Å². The molecule has 0 unspecified atom stereocenters. The quantitative estimate of drug-likeness (QED) is 0.337. The van der Waals surface area contributed by atoms with Gasteiger partial charge >= 0.3 is 5.97 Å². The largest absolute Gasteiger partial charge is 0.497 e. The molecule has 2 aliphatic rings. The number of nitrogens with zero attached hydrogens (tertiary/aromatic N) is 1. The summed E-state index contributed by atoms with van der Waals surface area (Å²) < 4.78 is 11.1. The van der Waals surface area contributed by atoms with Crippen molar-refractivity contribution in [3.05, 3.63) is 106 Å². The summed E-state index contributed by atoms with van der Waals surface area (Å²) in [4.78, 5) is 18.1. The number of carbonyl (C=O) groups is 1. The molecule has 0 saturated heterocycles. The zero-order valence-corrected chi connectivity index (χ0v) is 20.6. The number of hydrogen-bond acceptors (Lipinski definition) is 4. The number of benzene rings is 3. The third kappa shape index (κ3) is 2.86. The van der Waals surface area contributed by atoms with E-state index in [9.17, 15) is 4.79 Å². The summed E-state index contributed by atoms with van der Waals surface area (Å²) in [7, 11) is 1.69. The molecule has 6 rings (SSSR count). The van der Waals surface area contributed by atoms with E-state index in [1.54, 1.807) is 7.11 Å². The fourth-order valence-corrected chi connectivity index (χ4v) is 6.75. The van der Waals surface area contributed by atoms with E-state index in [0.717, 1.165) is 28.6 Å². The molecule has 0 N–H and O–H groups in total. The fraction of sp³-hybridized carbons (Fsp3) is 0.290. The summed E-state index contributed by atoms with van der Waals surface area (Å²) >= 11 is 0. The van der Waals surface area contributed by atoms with E-state index < -0.39 is 11.4 Å². The van der Waals surface area contributed by atoms with Gasteiger partial charge in [0.1, 0.15) is 11.4 Å². The molecule has 0 fully saturated rings. The molecule has 1 heterocycles. The molecule has 4 nitrogen and oxygen atoms in total. The lowest BCUT2D eigenvalue weighted by Gasteiger charge is -2.45. The Bertz CT molecular complexity index is 1470. The van der Waals surface area contributed by atoms with Gasteiger partial charge in [0.2, 0.25) is 0 Å². The van der Waals surface area contributed by atoms with Crippen LogP contribution in [0.5, 0.6) is 5.75 Å². The van der Waals surface area contributed by atoms with Crippen LogP contribution in [0.1, 0.15) is 59.2 Å². The van der Waals surface area contributed by atoms with E-state index in [1.165, 1.54) is 22.3 Å². The molecule has 4 heteroatoms. The van der Waals surface area contributed by atoms with Crippen LogP contribution in [-0.2, 0) is 22.0 Å². The van der Waals surface area contributed by atoms with E-state index in [0.29, 0.717) is 12.3 Å². The highest BCUT2D eigenvalue weighted by Gasteiger charge is 2.60. The molecule has 1 aromatic heterocycles. The molecule has 0 aliphatic heterocycles. The van der Waals surface area contributed by atoms with Crippen molar-refractivity contribution < 1.29 is 14.3 Å². The van der Waals surface area contributed by atoms with Crippen LogP contribution in [-0.4, -0.2) is 24.7 Å². The first-order valence-electron chi connectivity index (χ1n) is 12.3. The lowest BCUT2D eigenvalue weighted by molar-refractivity contribution is 0.0519. The lowest BCUT2D eigenvalue weighted by atomic mass is 9.57. The summed E-state index contributed by atoms with van der Waals surface area (Å²) in [6.45, 7) is 6.82. The second kappa shape index (κ2) is 7.67. The topological polar surface area (TPSA) is 48.4 Å². The van der Waals surface area contributed by atoms with Crippen molar-refractivity contribution in [2.45, 2.75) is 38.0 Å². The van der Waals surface area contributed by atoms with Crippen molar-refractivity contribution in [2.24, 2.45) is 5.92 Å². The Balaban J connectivity index is 1.80. The molecule has 4 aromatic rings. The van der Waals surface area contributed by atoms with E-state index in [-0.39, 0.29) is 11.3 Å². The SMILES string of the molecule is CCOC(=O)c1cc2cc(OC)cc3c2c(n1)[C@@]1(c2ccccc2)c2ccccc2C(C)(C)[C@H]1C3. The van der Waals surface area contributed by atoms with Gasteiger partial charge in [-0.25, -0.2) is 9.78 Å². The molecule has 0 spiro atoms. The zero-order chi connectivity index (χ0) is 24.4. The predicted octanol–water partition coefficient (Wildman–Crippen LogP) is 6.22. The minimum Gasteiger partial charge on any atom is -0.497 e. The van der Waals surface area contributed by atoms with Crippen LogP contribution < -0.4 is 4.74 Å². The number of methoxy groups -OCH3 is 1. The standard InChI is InChI=1S/C31H29NO3/c1-5-35-29(33)25-17-19-15-22(34-4)16-20-18-26-30(2,3)23-13-9-10-14-24(23)31(26,28(32-25)27(19)20)21-11-7-6-8-12-21/h6-17,26H,5,18H2,1-4H3/t26-,31+/m1/s1. The van der Waals surface area contributed by atoms with Crippen LogP contribution in [0.15, 0.2) is 72.8 Å². The summed E-state index contributed by atoms with van der Waals surface area (Å²) in [5, 5.41) is 2.08. The third-order valence-corrected chi connectivity index (χ3v) is 8.17. The van der Waals surface area contributed by atoms with Gasteiger partial charge in [-0.3, -0.25) is 0 Å². The Morgan fingerprint density at radius 2 is 1.71 bits per heavy atom. The van der Waals surface area contributed by atoms with E-state index in [4.69, 9.17) is 14.5 Å². The monoisotopic (exact) mass is 463 g/mol. The van der Waals surface area contributed by atoms with Crippen LogP contribution in [0, 0.1) is 5.92 Å². The highest BCUT2D eigenvalue weighted by Crippen LogP contribution is 2.63. The highest BCUT2D eigenvalue weighted by atomic mass is 16.5. The molecular formula is C31H29NO3. The molecule has 0 amide bonds. The van der Waals surface area contributed by atoms with Crippen LogP contribution in [0.4, 0.5) is 0 Å². The maximum Gasteiger partial charge on any atom is 0.356 e. The van der Waals surface area contributed by atoms with Crippen molar-refractivity contribution in [1.29, 1.82) is 0 Å².